The Labute approximate surface area is 123 Å². The van der Waals surface area contributed by atoms with Gasteiger partial charge in [-0.2, -0.15) is 0 Å². The summed E-state index contributed by atoms with van der Waals surface area (Å²) in [4.78, 5) is 22.8. The van der Waals surface area contributed by atoms with Crippen molar-refractivity contribution >= 4 is 23.3 Å². The lowest BCUT2D eigenvalue weighted by atomic mass is 10.1. The summed E-state index contributed by atoms with van der Waals surface area (Å²) in [6.07, 6.45) is 2.58. The van der Waals surface area contributed by atoms with Crippen LogP contribution in [0, 0.1) is 0 Å². The number of rotatable bonds is 5. The van der Waals surface area contributed by atoms with E-state index < -0.39 is 6.03 Å². The van der Waals surface area contributed by atoms with E-state index in [1.165, 1.54) is 7.11 Å². The second-order valence-corrected chi connectivity index (χ2v) is 4.95. The number of amides is 3. The molecule has 1 aliphatic heterocycles. The summed E-state index contributed by atoms with van der Waals surface area (Å²) in [5.41, 5.74) is 6.15. The van der Waals surface area contributed by atoms with Crippen LogP contribution in [0.15, 0.2) is 18.2 Å². The van der Waals surface area contributed by atoms with Gasteiger partial charge in [-0.15, -0.1) is 0 Å². The molecular weight excluding hydrogens is 272 g/mol. The van der Waals surface area contributed by atoms with Gasteiger partial charge in [-0.05, 0) is 31.5 Å². The molecule has 0 radical (unpaired) electrons. The highest BCUT2D eigenvalue weighted by molar-refractivity contribution is 5.93. The maximum atomic E-state index is 11.9. The lowest BCUT2D eigenvalue weighted by Gasteiger charge is -2.13. The summed E-state index contributed by atoms with van der Waals surface area (Å²) in [6.45, 7) is 0.971. The number of carbonyl (C=O) groups is 2. The number of hydrogen-bond donors (Lipinski definition) is 4. The fraction of sp³-hybridized carbons (Fsp3) is 0.429. The zero-order valence-electron chi connectivity index (χ0n) is 11.9. The van der Waals surface area contributed by atoms with E-state index in [2.05, 4.69) is 16.0 Å². The fourth-order valence-corrected chi connectivity index (χ4v) is 2.37. The summed E-state index contributed by atoms with van der Waals surface area (Å²) in [5, 5.41) is 8.56. The van der Waals surface area contributed by atoms with Crippen molar-refractivity contribution < 1.29 is 14.3 Å². The van der Waals surface area contributed by atoms with Crippen LogP contribution in [-0.2, 0) is 4.79 Å². The van der Waals surface area contributed by atoms with Gasteiger partial charge in [-0.1, -0.05) is 0 Å². The van der Waals surface area contributed by atoms with Crippen LogP contribution in [0.2, 0.25) is 0 Å². The Kier molecular flexibility index (Phi) is 4.99. The molecule has 1 aromatic rings. The molecule has 5 N–H and O–H groups in total. The molecule has 7 heteroatoms. The smallest absolute Gasteiger partial charge is 0.316 e. The molecule has 1 atom stereocenters. The second-order valence-electron chi connectivity index (χ2n) is 4.95. The van der Waals surface area contributed by atoms with Gasteiger partial charge in [0.2, 0.25) is 5.91 Å². The highest BCUT2D eigenvalue weighted by Gasteiger charge is 2.18. The van der Waals surface area contributed by atoms with Gasteiger partial charge in [-0.25, -0.2) is 4.79 Å². The van der Waals surface area contributed by atoms with Crippen LogP contribution >= 0.6 is 0 Å². The quantitative estimate of drug-likeness (QED) is 0.655. The van der Waals surface area contributed by atoms with E-state index in [0.29, 0.717) is 23.5 Å². The van der Waals surface area contributed by atoms with Crippen LogP contribution in [0.5, 0.6) is 5.75 Å². The predicted molar refractivity (Wildman–Crippen MR) is 80.5 cm³/mol. The Balaban J connectivity index is 1.99. The molecule has 3 amide bonds. The number of nitrogens with one attached hydrogen (secondary N) is 3. The van der Waals surface area contributed by atoms with Crippen LogP contribution in [-0.4, -0.2) is 31.6 Å². The molecule has 1 heterocycles. The minimum Gasteiger partial charge on any atom is -0.494 e. The molecular formula is C14H20N4O3. The third kappa shape index (κ3) is 4.35. The van der Waals surface area contributed by atoms with Crippen LogP contribution in [0.25, 0.3) is 0 Å². The van der Waals surface area contributed by atoms with Crippen LogP contribution in [0.1, 0.15) is 19.3 Å². The normalized spacial score (nSPS) is 17.3. The number of hydrogen-bond acceptors (Lipinski definition) is 4. The SMILES string of the molecule is COc1cc(NC(=O)CC2CCCN2)ccc1NC(N)=O. The highest BCUT2D eigenvalue weighted by atomic mass is 16.5. The van der Waals surface area contributed by atoms with Crippen molar-refractivity contribution in [3.63, 3.8) is 0 Å². The Hall–Kier alpha value is -2.28. The van der Waals surface area contributed by atoms with E-state index in [1.54, 1.807) is 18.2 Å². The number of urea groups is 1. The topological polar surface area (TPSA) is 105 Å². The monoisotopic (exact) mass is 292 g/mol. The summed E-state index contributed by atoms with van der Waals surface area (Å²) in [6, 6.07) is 4.55. The van der Waals surface area contributed by atoms with Crippen molar-refractivity contribution in [2.45, 2.75) is 25.3 Å². The van der Waals surface area contributed by atoms with Crippen molar-refractivity contribution in [3.8, 4) is 5.75 Å². The summed E-state index contributed by atoms with van der Waals surface area (Å²) in [5.74, 6) is 0.387. The molecule has 1 fully saturated rings. The molecule has 0 spiro atoms. The van der Waals surface area contributed by atoms with Crippen LogP contribution < -0.4 is 26.4 Å². The Morgan fingerprint density at radius 1 is 1.43 bits per heavy atom. The summed E-state index contributed by atoms with van der Waals surface area (Å²) < 4.78 is 5.17. The Bertz CT molecular complexity index is 527. The van der Waals surface area contributed by atoms with Gasteiger partial charge in [0.05, 0.1) is 12.8 Å². The number of nitrogens with two attached hydrogens (primary N) is 1. The number of anilines is 2. The molecule has 0 aromatic heterocycles. The van der Waals surface area contributed by atoms with Gasteiger partial charge in [0.1, 0.15) is 5.75 Å². The highest BCUT2D eigenvalue weighted by Crippen LogP contribution is 2.28. The Morgan fingerprint density at radius 3 is 2.86 bits per heavy atom. The molecule has 21 heavy (non-hydrogen) atoms. The number of primary amides is 1. The lowest BCUT2D eigenvalue weighted by Crippen LogP contribution is -2.27. The third-order valence-electron chi connectivity index (χ3n) is 3.34. The first-order valence-electron chi connectivity index (χ1n) is 6.86. The molecule has 1 aliphatic rings. The van der Waals surface area contributed by atoms with Crippen molar-refractivity contribution in [1.82, 2.24) is 5.32 Å². The van der Waals surface area contributed by atoms with Crippen molar-refractivity contribution in [3.05, 3.63) is 18.2 Å². The van der Waals surface area contributed by atoms with E-state index in [0.717, 1.165) is 19.4 Å². The van der Waals surface area contributed by atoms with E-state index in [1.807, 2.05) is 0 Å². The van der Waals surface area contributed by atoms with Crippen molar-refractivity contribution in [2.75, 3.05) is 24.3 Å². The first kappa shape index (κ1) is 15.1. The molecule has 1 saturated heterocycles. The molecule has 0 aliphatic carbocycles. The number of methoxy groups -OCH3 is 1. The van der Waals surface area contributed by atoms with Crippen molar-refractivity contribution in [1.29, 1.82) is 0 Å². The van der Waals surface area contributed by atoms with E-state index in [-0.39, 0.29) is 11.9 Å². The molecule has 114 valence electrons. The molecule has 0 saturated carbocycles. The first-order chi connectivity index (χ1) is 10.1. The summed E-state index contributed by atoms with van der Waals surface area (Å²) in [7, 11) is 1.48. The van der Waals surface area contributed by atoms with Crippen LogP contribution in [0.4, 0.5) is 16.2 Å². The minimum absolute atomic E-state index is 0.0490. The molecule has 1 aromatic carbocycles. The van der Waals surface area contributed by atoms with Crippen molar-refractivity contribution in [2.24, 2.45) is 5.73 Å². The largest absolute Gasteiger partial charge is 0.494 e. The first-order valence-corrected chi connectivity index (χ1v) is 6.86. The van der Waals surface area contributed by atoms with Gasteiger partial charge in [0, 0.05) is 24.2 Å². The van der Waals surface area contributed by atoms with E-state index >= 15 is 0 Å². The molecule has 7 nitrogen and oxygen atoms in total. The Morgan fingerprint density at radius 2 is 2.24 bits per heavy atom. The third-order valence-corrected chi connectivity index (χ3v) is 3.34. The average molecular weight is 292 g/mol. The summed E-state index contributed by atoms with van der Waals surface area (Å²) >= 11 is 0. The minimum atomic E-state index is -0.669. The second kappa shape index (κ2) is 6.94. The standard InChI is InChI=1S/C14H20N4O3/c1-21-12-7-10(4-5-11(12)18-14(15)20)17-13(19)8-9-3-2-6-16-9/h4-5,7,9,16H,2-3,6,8H2,1H3,(H,17,19)(H3,15,18,20). The average Bonchev–Trinajstić information content (AvgIpc) is 2.92. The number of carbonyl (C=O) groups excluding carboxylic acids is 2. The number of ether oxygens (including phenoxy) is 1. The lowest BCUT2D eigenvalue weighted by molar-refractivity contribution is -0.116. The molecule has 2 rings (SSSR count). The maximum Gasteiger partial charge on any atom is 0.316 e. The van der Waals surface area contributed by atoms with Gasteiger partial charge in [0.15, 0.2) is 0 Å². The van der Waals surface area contributed by atoms with Crippen LogP contribution in [0.3, 0.4) is 0 Å². The predicted octanol–water partition coefficient (Wildman–Crippen LogP) is 1.27. The molecule has 1 unspecified atom stereocenters. The van der Waals surface area contributed by atoms with Gasteiger partial charge >= 0.3 is 6.03 Å². The van der Waals surface area contributed by atoms with Gasteiger partial charge in [0.25, 0.3) is 0 Å². The fourth-order valence-electron chi connectivity index (χ4n) is 2.37. The zero-order valence-corrected chi connectivity index (χ0v) is 11.9. The van der Waals surface area contributed by atoms with E-state index in [9.17, 15) is 9.59 Å². The van der Waals surface area contributed by atoms with Gasteiger partial charge in [-0.3, -0.25) is 4.79 Å². The van der Waals surface area contributed by atoms with Gasteiger partial charge < -0.3 is 26.4 Å². The zero-order chi connectivity index (χ0) is 15.2. The maximum absolute atomic E-state index is 11.9. The molecule has 0 bridgehead atoms. The van der Waals surface area contributed by atoms with E-state index in [4.69, 9.17) is 10.5 Å². The number of benzene rings is 1.